The fourth-order valence-electron chi connectivity index (χ4n) is 2.83. The van der Waals surface area contributed by atoms with Crippen molar-refractivity contribution in [1.29, 1.82) is 0 Å². The third-order valence-corrected chi connectivity index (χ3v) is 3.97. The molecule has 0 aliphatic carbocycles. The van der Waals surface area contributed by atoms with Gasteiger partial charge in [-0.3, -0.25) is 0 Å². The number of likely N-dealkylation sites (tertiary alicyclic amines) is 1. The molecule has 0 radical (unpaired) electrons. The van der Waals surface area contributed by atoms with E-state index in [9.17, 15) is 17.6 Å². The number of nitrogens with zero attached hydrogens (tertiary/aromatic N) is 1. The summed E-state index contributed by atoms with van der Waals surface area (Å²) in [5, 5.41) is 0. The maximum atomic E-state index is 12.6. The number of piperidine rings is 1. The Labute approximate surface area is 116 Å². The van der Waals surface area contributed by atoms with E-state index in [1.54, 1.807) is 0 Å². The van der Waals surface area contributed by atoms with Crippen LogP contribution in [0.3, 0.4) is 0 Å². The molecule has 2 atom stereocenters. The molecule has 0 bridgehead atoms. The lowest BCUT2D eigenvalue weighted by Crippen LogP contribution is -2.47. The van der Waals surface area contributed by atoms with E-state index >= 15 is 0 Å². The van der Waals surface area contributed by atoms with Gasteiger partial charge in [0.05, 0.1) is 12.7 Å². The Kier molecular flexibility index (Phi) is 5.63. The van der Waals surface area contributed by atoms with Crippen LogP contribution >= 0.6 is 0 Å². The van der Waals surface area contributed by atoms with E-state index in [0.29, 0.717) is 18.6 Å². The van der Waals surface area contributed by atoms with E-state index in [1.807, 2.05) is 0 Å². The second kappa shape index (κ2) is 7.04. The molecule has 0 spiro atoms. The van der Waals surface area contributed by atoms with Gasteiger partial charge in [0.1, 0.15) is 6.61 Å². The number of fused-ring (bicyclic) bond motifs is 1. The number of rotatable bonds is 6. The molecule has 2 rings (SSSR count). The number of alkyl halides is 4. The van der Waals surface area contributed by atoms with Crippen LogP contribution in [0.1, 0.15) is 19.3 Å². The normalized spacial score (nSPS) is 28.6. The monoisotopic (exact) mass is 299 g/mol. The van der Waals surface area contributed by atoms with Crippen LogP contribution in [0.25, 0.3) is 0 Å². The zero-order valence-corrected chi connectivity index (χ0v) is 11.4. The molecule has 0 aromatic rings. The van der Waals surface area contributed by atoms with E-state index in [-0.39, 0.29) is 6.61 Å². The van der Waals surface area contributed by atoms with Gasteiger partial charge in [-0.1, -0.05) is 0 Å². The Bertz CT molecular complexity index is 304. The Balaban J connectivity index is 1.63. The second-order valence-electron chi connectivity index (χ2n) is 5.52. The van der Waals surface area contributed by atoms with Crippen molar-refractivity contribution in [2.24, 2.45) is 5.92 Å². The Hall–Kier alpha value is -0.400. The Morgan fingerprint density at radius 1 is 1.30 bits per heavy atom. The van der Waals surface area contributed by atoms with Crippen molar-refractivity contribution in [1.82, 2.24) is 4.90 Å². The van der Waals surface area contributed by atoms with Crippen LogP contribution < -0.4 is 0 Å². The molecule has 2 heterocycles. The number of halogens is 4. The SMILES string of the molecule is FC(F)C(F)(F)COCCN1CCC2OCCCC2C1. The third kappa shape index (κ3) is 4.30. The van der Waals surface area contributed by atoms with Gasteiger partial charge in [-0.15, -0.1) is 0 Å². The summed E-state index contributed by atoms with van der Waals surface area (Å²) in [4.78, 5) is 2.14. The highest BCUT2D eigenvalue weighted by molar-refractivity contribution is 4.83. The first-order valence-corrected chi connectivity index (χ1v) is 7.07. The molecule has 20 heavy (non-hydrogen) atoms. The van der Waals surface area contributed by atoms with Crippen molar-refractivity contribution >= 4 is 0 Å². The predicted octanol–water partition coefficient (Wildman–Crippen LogP) is 2.40. The van der Waals surface area contributed by atoms with Crippen molar-refractivity contribution in [2.45, 2.75) is 37.7 Å². The van der Waals surface area contributed by atoms with Crippen molar-refractivity contribution in [3.8, 4) is 0 Å². The summed E-state index contributed by atoms with van der Waals surface area (Å²) in [6, 6.07) is 0. The molecule has 0 N–H and O–H groups in total. The molecular formula is C13H21F4NO2. The minimum atomic E-state index is -4.05. The van der Waals surface area contributed by atoms with Crippen LogP contribution in [0.5, 0.6) is 0 Å². The summed E-state index contributed by atoms with van der Waals surface area (Å²) in [7, 11) is 0. The van der Waals surface area contributed by atoms with Crippen LogP contribution in [0.4, 0.5) is 17.6 Å². The van der Waals surface area contributed by atoms with Gasteiger partial charge in [0.25, 0.3) is 0 Å². The summed E-state index contributed by atoms with van der Waals surface area (Å²) in [6.07, 6.45) is -0.211. The van der Waals surface area contributed by atoms with Crippen LogP contribution in [-0.4, -0.2) is 62.8 Å². The minimum absolute atomic E-state index is 0.0561. The molecule has 0 saturated carbocycles. The standard InChI is InChI=1S/C13H21F4NO2/c14-12(15)13(16,17)9-19-7-5-18-4-3-11-10(8-18)2-1-6-20-11/h10-12H,1-9H2. The highest BCUT2D eigenvalue weighted by Crippen LogP contribution is 2.28. The molecule has 118 valence electrons. The highest BCUT2D eigenvalue weighted by atomic mass is 19.3. The molecular weight excluding hydrogens is 278 g/mol. The van der Waals surface area contributed by atoms with Gasteiger partial charge < -0.3 is 14.4 Å². The average Bonchev–Trinajstić information content (AvgIpc) is 2.43. The first-order valence-electron chi connectivity index (χ1n) is 7.07. The van der Waals surface area contributed by atoms with Gasteiger partial charge in [-0.05, 0) is 25.2 Å². The van der Waals surface area contributed by atoms with Crippen LogP contribution in [0, 0.1) is 5.92 Å². The molecule has 2 fully saturated rings. The largest absolute Gasteiger partial charge is 0.378 e. The fraction of sp³-hybridized carbons (Fsp3) is 1.00. The van der Waals surface area contributed by atoms with Crippen molar-refractivity contribution in [2.75, 3.05) is 39.5 Å². The minimum Gasteiger partial charge on any atom is -0.378 e. The summed E-state index contributed by atoms with van der Waals surface area (Å²) in [6.45, 7) is 1.89. The molecule has 2 unspecified atom stereocenters. The topological polar surface area (TPSA) is 21.7 Å². The molecule has 2 saturated heterocycles. The predicted molar refractivity (Wildman–Crippen MR) is 65.3 cm³/mol. The molecule has 0 aromatic carbocycles. The van der Waals surface area contributed by atoms with E-state index in [0.717, 1.165) is 39.0 Å². The van der Waals surface area contributed by atoms with Crippen LogP contribution in [-0.2, 0) is 9.47 Å². The van der Waals surface area contributed by atoms with Gasteiger partial charge >= 0.3 is 12.3 Å². The lowest BCUT2D eigenvalue weighted by Gasteiger charge is -2.41. The van der Waals surface area contributed by atoms with Gasteiger partial charge in [0.15, 0.2) is 0 Å². The highest BCUT2D eigenvalue weighted by Gasteiger charge is 2.41. The maximum absolute atomic E-state index is 12.6. The van der Waals surface area contributed by atoms with E-state index in [4.69, 9.17) is 9.47 Å². The third-order valence-electron chi connectivity index (χ3n) is 3.97. The van der Waals surface area contributed by atoms with Crippen LogP contribution in [0.15, 0.2) is 0 Å². The van der Waals surface area contributed by atoms with Gasteiger partial charge in [0, 0.05) is 26.2 Å². The molecule has 3 nitrogen and oxygen atoms in total. The zero-order valence-electron chi connectivity index (χ0n) is 11.4. The Morgan fingerprint density at radius 3 is 2.85 bits per heavy atom. The maximum Gasteiger partial charge on any atom is 0.330 e. The average molecular weight is 299 g/mol. The summed E-state index contributed by atoms with van der Waals surface area (Å²) >= 11 is 0. The van der Waals surface area contributed by atoms with Crippen molar-refractivity contribution in [3.05, 3.63) is 0 Å². The number of hydrogen-bond acceptors (Lipinski definition) is 3. The van der Waals surface area contributed by atoms with E-state index in [2.05, 4.69) is 4.90 Å². The first-order chi connectivity index (χ1) is 9.49. The first kappa shape index (κ1) is 16.0. The van der Waals surface area contributed by atoms with E-state index in [1.165, 1.54) is 0 Å². The molecule has 0 amide bonds. The molecule has 7 heteroatoms. The fourth-order valence-corrected chi connectivity index (χ4v) is 2.83. The van der Waals surface area contributed by atoms with E-state index < -0.39 is 19.0 Å². The van der Waals surface area contributed by atoms with Crippen LogP contribution in [0.2, 0.25) is 0 Å². The summed E-state index contributed by atoms with van der Waals surface area (Å²) < 4.78 is 59.5. The Morgan fingerprint density at radius 2 is 2.10 bits per heavy atom. The van der Waals surface area contributed by atoms with Crippen molar-refractivity contribution in [3.63, 3.8) is 0 Å². The molecule has 2 aliphatic rings. The molecule has 0 aromatic heterocycles. The second-order valence-corrected chi connectivity index (χ2v) is 5.52. The lowest BCUT2D eigenvalue weighted by atomic mass is 9.88. The lowest BCUT2D eigenvalue weighted by molar-refractivity contribution is -0.167. The van der Waals surface area contributed by atoms with Gasteiger partial charge in [-0.2, -0.15) is 8.78 Å². The van der Waals surface area contributed by atoms with Gasteiger partial charge in [0.2, 0.25) is 0 Å². The summed E-state index contributed by atoms with van der Waals surface area (Å²) in [5.41, 5.74) is 0. The van der Waals surface area contributed by atoms with Crippen molar-refractivity contribution < 1.29 is 27.0 Å². The number of hydrogen-bond donors (Lipinski definition) is 0. The molecule has 2 aliphatic heterocycles. The number of ether oxygens (including phenoxy) is 2. The van der Waals surface area contributed by atoms with Gasteiger partial charge in [-0.25, -0.2) is 8.78 Å². The summed E-state index contributed by atoms with van der Waals surface area (Å²) in [5.74, 6) is -3.55. The quantitative estimate of drug-likeness (QED) is 0.555. The smallest absolute Gasteiger partial charge is 0.330 e. The zero-order chi connectivity index (χ0) is 14.6.